The summed E-state index contributed by atoms with van der Waals surface area (Å²) in [6.45, 7) is 0. The highest BCUT2D eigenvalue weighted by molar-refractivity contribution is 6.20. The Hall–Kier alpha value is -2.89. The second-order valence-electron chi connectivity index (χ2n) is 3.53. The summed E-state index contributed by atoms with van der Waals surface area (Å²) >= 11 is 0. The maximum absolute atomic E-state index is 11.5. The van der Waals surface area contributed by atoms with Crippen LogP contribution in [0.25, 0.3) is 11.6 Å². The first-order valence-electron chi connectivity index (χ1n) is 5.20. The molecule has 0 atom stereocenters. The van der Waals surface area contributed by atoms with Crippen LogP contribution in [0.2, 0.25) is 0 Å². The molecule has 0 bridgehead atoms. The highest BCUT2D eigenvalue weighted by atomic mass is 16.4. The van der Waals surface area contributed by atoms with Crippen LogP contribution < -0.4 is 11.3 Å². The number of hydrogen-bond donors (Lipinski definition) is 1. The lowest BCUT2D eigenvalue weighted by atomic mass is 10.1. The fourth-order valence-corrected chi connectivity index (χ4v) is 1.47. The summed E-state index contributed by atoms with van der Waals surface area (Å²) in [6.07, 6.45) is 3.39. The minimum Gasteiger partial charge on any atom is -0.478 e. The van der Waals surface area contributed by atoms with Crippen molar-refractivity contribution in [2.75, 3.05) is 0 Å². The summed E-state index contributed by atoms with van der Waals surface area (Å²) in [7, 11) is 0. The van der Waals surface area contributed by atoms with Gasteiger partial charge in [0, 0.05) is 0 Å². The van der Waals surface area contributed by atoms with Crippen molar-refractivity contribution in [3.63, 3.8) is 0 Å². The summed E-state index contributed by atoms with van der Waals surface area (Å²) < 4.78 is 9.21. The zero-order valence-corrected chi connectivity index (χ0v) is 9.53. The number of carboxylic acids is 1. The molecule has 0 amide bonds. The first kappa shape index (κ1) is 12.6. The molecular formula is C13H8O6. The lowest BCUT2D eigenvalue weighted by Gasteiger charge is -2.00. The van der Waals surface area contributed by atoms with Gasteiger partial charge in [-0.3, -0.25) is 0 Å². The van der Waals surface area contributed by atoms with Crippen molar-refractivity contribution in [1.29, 1.82) is 0 Å². The van der Waals surface area contributed by atoms with Crippen LogP contribution >= 0.6 is 0 Å². The van der Waals surface area contributed by atoms with Crippen LogP contribution in [0, 0.1) is 0 Å². The Morgan fingerprint density at radius 3 is 2.26 bits per heavy atom. The van der Waals surface area contributed by atoms with E-state index in [0.717, 1.165) is 12.3 Å². The largest absolute Gasteiger partial charge is 0.478 e. The molecule has 2 aromatic heterocycles. The molecule has 0 unspecified atom stereocenters. The number of carbonyl (C=O) groups is 1. The summed E-state index contributed by atoms with van der Waals surface area (Å²) in [6, 6.07) is 5.52. The molecule has 0 saturated heterocycles. The molecule has 6 nitrogen and oxygen atoms in total. The number of hydrogen-bond acceptors (Lipinski definition) is 5. The predicted molar refractivity (Wildman–Crippen MR) is 65.5 cm³/mol. The molecule has 0 radical (unpaired) electrons. The van der Waals surface area contributed by atoms with Gasteiger partial charge in [0.2, 0.25) is 0 Å². The van der Waals surface area contributed by atoms with Crippen molar-refractivity contribution < 1.29 is 18.7 Å². The Morgan fingerprint density at radius 1 is 1.05 bits per heavy atom. The number of rotatable bonds is 3. The van der Waals surface area contributed by atoms with E-state index in [-0.39, 0.29) is 16.7 Å². The van der Waals surface area contributed by atoms with Gasteiger partial charge in [0.1, 0.15) is 0 Å². The minimum absolute atomic E-state index is 0.0307. The maximum Gasteiger partial charge on any atom is 0.343 e. The normalized spacial score (nSPS) is 11.3. The van der Waals surface area contributed by atoms with Gasteiger partial charge in [-0.05, 0) is 30.3 Å². The average Bonchev–Trinajstić information content (AvgIpc) is 2.38. The third kappa shape index (κ3) is 2.68. The molecule has 0 aromatic carbocycles. The lowest BCUT2D eigenvalue weighted by molar-refractivity contribution is -0.130. The van der Waals surface area contributed by atoms with E-state index in [2.05, 4.69) is 8.83 Å². The van der Waals surface area contributed by atoms with Crippen LogP contribution in [0.4, 0.5) is 0 Å². The number of aliphatic carboxylic acids is 1. The van der Waals surface area contributed by atoms with Crippen molar-refractivity contribution in [2.24, 2.45) is 0 Å². The van der Waals surface area contributed by atoms with E-state index in [0.29, 0.717) is 0 Å². The molecule has 0 aliphatic rings. The topological polar surface area (TPSA) is 97.7 Å². The highest BCUT2D eigenvalue weighted by Gasteiger charge is 2.15. The number of carboxylic acid groups (broad SMARTS) is 1. The predicted octanol–water partition coefficient (Wildman–Crippen LogP) is 1.22. The monoisotopic (exact) mass is 260 g/mol. The molecule has 0 spiro atoms. The fraction of sp³-hybridized carbons (Fsp3) is 0. The Bertz CT molecular complexity index is 750. The van der Waals surface area contributed by atoms with E-state index in [1.54, 1.807) is 0 Å². The Morgan fingerprint density at radius 2 is 1.68 bits per heavy atom. The van der Waals surface area contributed by atoms with Gasteiger partial charge in [-0.1, -0.05) is 0 Å². The van der Waals surface area contributed by atoms with Gasteiger partial charge >= 0.3 is 17.2 Å². The van der Waals surface area contributed by atoms with Gasteiger partial charge in [0.15, 0.2) is 0 Å². The first-order chi connectivity index (χ1) is 9.09. The van der Waals surface area contributed by atoms with Crippen LogP contribution in [-0.4, -0.2) is 11.1 Å². The van der Waals surface area contributed by atoms with E-state index in [1.165, 1.54) is 30.5 Å². The van der Waals surface area contributed by atoms with Crippen LogP contribution in [0.5, 0.6) is 0 Å². The van der Waals surface area contributed by atoms with Gasteiger partial charge < -0.3 is 13.9 Å². The highest BCUT2D eigenvalue weighted by Crippen LogP contribution is 2.13. The maximum atomic E-state index is 11.5. The standard InChI is InChI=1S/C13H8O6/c14-11(15)10(9-4-2-6-19-13(9)17)7-8-3-1-5-18-12(8)16/h1-7H,(H,14,15)/b10-7-. The molecule has 2 heterocycles. The summed E-state index contributed by atoms with van der Waals surface area (Å²) in [5.41, 5.74) is -1.94. The summed E-state index contributed by atoms with van der Waals surface area (Å²) in [5.74, 6) is -1.35. The zero-order valence-electron chi connectivity index (χ0n) is 9.53. The van der Waals surface area contributed by atoms with Crippen molar-refractivity contribution in [3.8, 4) is 0 Å². The van der Waals surface area contributed by atoms with Crippen molar-refractivity contribution >= 4 is 17.6 Å². The quantitative estimate of drug-likeness (QED) is 0.833. The first-order valence-corrected chi connectivity index (χ1v) is 5.20. The van der Waals surface area contributed by atoms with Gasteiger partial charge in [0.25, 0.3) is 0 Å². The van der Waals surface area contributed by atoms with Crippen LogP contribution in [0.3, 0.4) is 0 Å². The zero-order chi connectivity index (χ0) is 13.8. The minimum atomic E-state index is -1.35. The molecule has 0 aliphatic heterocycles. The second kappa shape index (κ2) is 5.18. The van der Waals surface area contributed by atoms with Crippen molar-refractivity contribution in [2.45, 2.75) is 0 Å². The average molecular weight is 260 g/mol. The van der Waals surface area contributed by atoms with Crippen LogP contribution in [0.1, 0.15) is 11.1 Å². The molecule has 1 N–H and O–H groups in total. The Labute approximate surface area is 106 Å². The summed E-state index contributed by atoms with van der Waals surface area (Å²) in [5, 5.41) is 9.12. The van der Waals surface area contributed by atoms with Crippen LogP contribution in [0.15, 0.2) is 55.2 Å². The summed E-state index contributed by atoms with van der Waals surface area (Å²) in [4.78, 5) is 34.0. The fourth-order valence-electron chi connectivity index (χ4n) is 1.47. The van der Waals surface area contributed by atoms with Crippen molar-refractivity contribution in [3.05, 3.63) is 68.8 Å². The molecular weight excluding hydrogens is 252 g/mol. The van der Waals surface area contributed by atoms with E-state index in [4.69, 9.17) is 5.11 Å². The lowest BCUT2D eigenvalue weighted by Crippen LogP contribution is -2.12. The van der Waals surface area contributed by atoms with Gasteiger partial charge in [-0.15, -0.1) is 0 Å². The SMILES string of the molecule is O=C(O)/C(=C\c1cccoc1=O)c1cccoc1=O. The van der Waals surface area contributed by atoms with Crippen molar-refractivity contribution in [1.82, 2.24) is 0 Å². The molecule has 0 fully saturated rings. The van der Waals surface area contributed by atoms with Gasteiger partial charge in [-0.2, -0.15) is 0 Å². The molecule has 19 heavy (non-hydrogen) atoms. The molecule has 6 heteroatoms. The van der Waals surface area contributed by atoms with E-state index >= 15 is 0 Å². The van der Waals surface area contributed by atoms with Crippen LogP contribution in [-0.2, 0) is 4.79 Å². The Kier molecular flexibility index (Phi) is 3.42. The molecule has 2 aromatic rings. The van der Waals surface area contributed by atoms with E-state index < -0.39 is 17.2 Å². The smallest absolute Gasteiger partial charge is 0.343 e. The second-order valence-corrected chi connectivity index (χ2v) is 3.53. The van der Waals surface area contributed by atoms with Gasteiger partial charge in [0.05, 0.1) is 29.2 Å². The molecule has 2 rings (SSSR count). The molecule has 0 aliphatic carbocycles. The third-order valence-electron chi connectivity index (χ3n) is 2.32. The Balaban J connectivity index is 2.64. The third-order valence-corrected chi connectivity index (χ3v) is 2.32. The molecule has 0 saturated carbocycles. The van der Waals surface area contributed by atoms with Gasteiger partial charge in [-0.25, -0.2) is 14.4 Å². The molecule has 96 valence electrons. The van der Waals surface area contributed by atoms with E-state index in [1.807, 2.05) is 0 Å². The van der Waals surface area contributed by atoms with E-state index in [9.17, 15) is 14.4 Å².